The monoisotopic (exact) mass is 1520 g/mol. The molecule has 5 saturated heterocycles. The Balaban J connectivity index is 1.00. The largest absolute Gasteiger partial charge is 0.480 e. The van der Waals surface area contributed by atoms with E-state index in [-0.39, 0.29) is 81.4 Å². The number of carbonyl (C=O) groups excluding carboxylic acids is 11. The van der Waals surface area contributed by atoms with Crippen molar-refractivity contribution < 1.29 is 78.3 Å². The molecule has 29 nitrogen and oxygen atoms in total. The van der Waals surface area contributed by atoms with E-state index in [1.165, 1.54) is 23.6 Å². The van der Waals surface area contributed by atoms with E-state index in [9.17, 15) is 67.7 Å². The number of benzene rings is 2. The predicted octanol–water partition coefficient (Wildman–Crippen LogP) is 0.0457. The number of amides is 7. The first-order valence-electron chi connectivity index (χ1n) is 35.2. The van der Waals surface area contributed by atoms with Crippen LogP contribution in [-0.4, -0.2) is 292 Å². The van der Waals surface area contributed by atoms with Crippen LogP contribution in [0.25, 0.3) is 0 Å². The molecule has 0 saturated carbocycles. The molecule has 7 amide bonds. The second kappa shape index (κ2) is 41.3. The first-order chi connectivity index (χ1) is 48.5. The van der Waals surface area contributed by atoms with Gasteiger partial charge in [-0.25, -0.2) is 4.79 Å². The van der Waals surface area contributed by atoms with Gasteiger partial charge in [0.15, 0.2) is 0 Å². The molecule has 0 aliphatic carbocycles. The first-order valence-corrected chi connectivity index (χ1v) is 41.6. The summed E-state index contributed by atoms with van der Waals surface area (Å²) in [6.45, 7) is 8.16. The fourth-order valence-electron chi connectivity index (χ4n) is 13.2. The van der Waals surface area contributed by atoms with Crippen molar-refractivity contribution in [2.24, 2.45) is 5.73 Å². The quantitative estimate of drug-likeness (QED) is 0.0641. The standard InChI is InChI=1S/C68H102N12O17S3.Ga/c1-3-4-6-17-58(84)70-50-35-79-20-9-16-56(79)67(95)80-21-10-15-55(80)65(93)74-62(45(2)81)66(94)71-52(18-19-57(69)83)63(91)72-53(34-46-12-7-5-8-13-46)64(92)73-54(68(96)97)44-100-42-49-32-47(31-48(33-49)41-99-43-50)40-98-30-11-14-51(82)36-75-22-24-76(37-59(85)86)26-28-78(39-61(89)90)29-27-77(25-23-75)38-60(87)88;/h5,7-8,12-13,31-33,45,50,52-56,62,81H,3-4,6,9-11,14-30,34-44H2,1-2H3,(H2,69,83)(H,70,84)(H,71,94)(H,72,91)(H,73,92)(H,74,93)(H,85,86)(H,87,88)(H,89,90)(H,96,97);/q;+3/p-3/t45-,50-,52+,53+,54+,55+,56+,62+;/m1./s1. The van der Waals surface area contributed by atoms with Crippen LogP contribution < -0.4 is 32.3 Å². The minimum absolute atomic E-state index is 0.0279. The molecule has 0 spiro atoms. The van der Waals surface area contributed by atoms with Gasteiger partial charge in [-0.05, 0) is 74.2 Å². The van der Waals surface area contributed by atoms with Crippen LogP contribution >= 0.6 is 35.3 Å². The third-order valence-electron chi connectivity index (χ3n) is 18.6. The molecular weight excluding hydrogens is 1420 g/mol. The third kappa shape index (κ3) is 26.7. The molecule has 0 radical (unpaired) electrons. The van der Waals surface area contributed by atoms with E-state index in [1.807, 2.05) is 14.7 Å². The van der Waals surface area contributed by atoms with Crippen LogP contribution in [0.15, 0.2) is 48.5 Å². The van der Waals surface area contributed by atoms with Gasteiger partial charge in [0.2, 0.25) is 41.4 Å². The van der Waals surface area contributed by atoms with Gasteiger partial charge in [-0.15, -0.1) is 0 Å². The summed E-state index contributed by atoms with van der Waals surface area (Å²) in [7, 11) is 0. The molecule has 10 atom stereocenters. The third-order valence-corrected chi connectivity index (χ3v) is 24.8. The van der Waals surface area contributed by atoms with Crippen molar-refractivity contribution in [2.75, 3.05) is 115 Å². The predicted molar refractivity (Wildman–Crippen MR) is 380 cm³/mol. The van der Waals surface area contributed by atoms with E-state index >= 15 is 0 Å². The van der Waals surface area contributed by atoms with Crippen LogP contribution in [0.1, 0.15) is 113 Å². The second-order valence-corrected chi connectivity index (χ2v) is 32.6. The molecular formula is C68H99GaN12O17S3. The van der Waals surface area contributed by atoms with Crippen LogP contribution in [0, 0.1) is 0 Å². The normalized spacial score (nSPS) is 26.7. The number of carbonyl (C=O) groups is 12. The summed E-state index contributed by atoms with van der Waals surface area (Å²) in [6, 6.07) is 6.82. The summed E-state index contributed by atoms with van der Waals surface area (Å²) in [5, 5.41) is 35.4. The van der Waals surface area contributed by atoms with Gasteiger partial charge >= 0.3 is 193 Å². The Bertz CT molecular complexity index is 3170. The Morgan fingerprint density at radius 1 is 0.673 bits per heavy atom. The Labute approximate surface area is 609 Å². The van der Waals surface area contributed by atoms with Crippen molar-refractivity contribution in [2.45, 2.75) is 163 Å². The molecule has 2 aromatic rings. The number of nitrogens with one attached hydrogen (secondary N) is 5. The van der Waals surface area contributed by atoms with Gasteiger partial charge in [-0.3, -0.25) is 38.5 Å². The maximum Gasteiger partial charge on any atom is 0.327 e. The zero-order chi connectivity index (χ0) is 72.4. The van der Waals surface area contributed by atoms with Crippen molar-refractivity contribution in [3.63, 3.8) is 0 Å². The molecule has 2 aromatic carbocycles. The number of hydrogen-bond donors (Lipinski definition) is 8. The van der Waals surface area contributed by atoms with Crippen molar-refractivity contribution >= 4 is 124 Å². The topological polar surface area (TPSA) is 379 Å². The molecule has 554 valence electrons. The number of thioether (sulfide) groups is 3. The van der Waals surface area contributed by atoms with Gasteiger partial charge in [0.05, 0.1) is 18.2 Å². The van der Waals surface area contributed by atoms with E-state index < -0.39 is 120 Å². The summed E-state index contributed by atoms with van der Waals surface area (Å²) in [5.74, 6) is -5.37. The van der Waals surface area contributed by atoms with E-state index in [2.05, 4.69) is 61.5 Å². The molecule has 6 aliphatic heterocycles. The number of rotatable bonds is 20. The fourth-order valence-corrected chi connectivity index (χ4v) is 18.2. The van der Waals surface area contributed by atoms with Crippen LogP contribution in [0.4, 0.5) is 0 Å². The molecule has 5 fully saturated rings. The van der Waals surface area contributed by atoms with Crippen molar-refractivity contribution in [1.29, 1.82) is 0 Å². The first kappa shape index (κ1) is 80.4. The minimum Gasteiger partial charge on any atom is -0.480 e. The average Bonchev–Trinajstić information content (AvgIpc) is 1.72. The van der Waals surface area contributed by atoms with Crippen molar-refractivity contribution in [1.82, 2.24) is 56.0 Å². The summed E-state index contributed by atoms with van der Waals surface area (Å²) >= 11 is 0.540. The van der Waals surface area contributed by atoms with Gasteiger partial charge in [-0.1, -0.05) is 68.3 Å². The number of ketones is 1. The number of hydrogen-bond acceptors (Lipinski definition) is 24. The van der Waals surface area contributed by atoms with E-state index in [0.717, 1.165) is 29.5 Å². The van der Waals surface area contributed by atoms with Gasteiger partial charge < -0.3 is 47.4 Å². The molecule has 6 bridgehead atoms. The Morgan fingerprint density at radius 2 is 1.27 bits per heavy atom. The van der Waals surface area contributed by atoms with Gasteiger partial charge in [-0.2, -0.15) is 35.3 Å². The molecule has 8 rings (SSSR count). The second-order valence-electron chi connectivity index (χ2n) is 26.8. The van der Waals surface area contributed by atoms with E-state index in [1.54, 1.807) is 53.9 Å². The number of carboxylic acid groups (broad SMARTS) is 1. The van der Waals surface area contributed by atoms with Gasteiger partial charge in [0, 0.05) is 61.1 Å². The van der Waals surface area contributed by atoms with Crippen LogP contribution in [-0.2, 0) is 91.8 Å². The summed E-state index contributed by atoms with van der Waals surface area (Å²) < 4.78 is 16.4. The summed E-state index contributed by atoms with van der Waals surface area (Å²) in [5.41, 5.74) is 8.96. The zero-order valence-electron chi connectivity index (χ0n) is 57.9. The fraction of sp³-hybridized carbons (Fsp3) is 0.647. The Morgan fingerprint density at radius 3 is 1.88 bits per heavy atom. The van der Waals surface area contributed by atoms with Gasteiger partial charge in [0.1, 0.15) is 30.2 Å². The molecule has 6 heterocycles. The average molecular weight is 1520 g/mol. The molecule has 101 heavy (non-hydrogen) atoms. The van der Waals surface area contributed by atoms with Crippen molar-refractivity contribution in [3.8, 4) is 0 Å². The minimum atomic E-state index is -4.03. The number of carboxylic acids is 1. The summed E-state index contributed by atoms with van der Waals surface area (Å²) in [4.78, 5) is 175. The zero-order valence-corrected chi connectivity index (χ0v) is 62.7. The van der Waals surface area contributed by atoms with E-state index in [0.29, 0.717) is 145 Å². The maximum absolute atomic E-state index is 14.8. The number of nitrogens with zero attached hydrogens (tertiary/aromatic N) is 6. The number of primary amides is 1. The van der Waals surface area contributed by atoms with Crippen molar-refractivity contribution in [3.05, 3.63) is 70.8 Å². The number of Topliss-reactive ketones (excluding diaryl/α,β-unsaturated/α-hetero) is 1. The van der Waals surface area contributed by atoms with Crippen LogP contribution in [0.5, 0.6) is 0 Å². The smallest absolute Gasteiger partial charge is 0.327 e. The maximum atomic E-state index is 14.8. The molecule has 2 unspecified atom stereocenters. The Kier molecular flexibility index (Phi) is 32.9. The number of nitrogens with two attached hydrogens (primary N) is 1. The number of aliphatic hydroxyl groups is 1. The SMILES string of the molecule is CCCCCC(=O)N[C@H]1CSCc2cc(CSCCCC(=O)CN3CCN4CCN5CCN(CC3)CC(=O)[O][Ga]([O]C(=O)C4)[O]C(=O)C5)cc(c2)CSC[C@@H](C(=O)O)NC(=O)[C@H](Cc2ccccc2)NC(=O)[C@H](CCC(N)=O)NC(=O)[C@H]([C@@H](C)O)NC(=O)[C@@H]2CCCN2C(=O)[C@@H]2CCCN2C1. The molecule has 0 aromatic heterocycles. The summed E-state index contributed by atoms with van der Waals surface area (Å²) in [6.07, 6.45) is 3.33. The van der Waals surface area contributed by atoms with Crippen LogP contribution in [0.3, 0.4) is 0 Å². The molecule has 9 N–H and O–H groups in total. The molecule has 6 aliphatic rings. The van der Waals surface area contributed by atoms with E-state index in [4.69, 9.17) is 16.3 Å². The number of aliphatic hydroxyl groups excluding tert-OH is 1. The van der Waals surface area contributed by atoms with Gasteiger partial charge in [0.25, 0.3) is 0 Å². The number of unbranched alkanes of at least 4 members (excludes halogenated alkanes) is 2. The number of aliphatic carboxylic acids is 1. The number of fused-ring (bicyclic) bond motifs is 11. The molecule has 33 heteroatoms. The van der Waals surface area contributed by atoms with Crippen LogP contribution in [0.2, 0.25) is 0 Å². The Hall–Kier alpha value is -6.27.